The molecule has 0 saturated carbocycles. The Morgan fingerprint density at radius 3 is 2.93 bits per heavy atom. The summed E-state index contributed by atoms with van der Waals surface area (Å²) in [5.41, 5.74) is -0.113. The van der Waals surface area contributed by atoms with Crippen LogP contribution in [0.2, 0.25) is 0 Å². The molecule has 2 atom stereocenters. The number of carbonyl (C=O) groups is 1. The molecule has 2 unspecified atom stereocenters. The number of nitrogens with one attached hydrogen (secondary N) is 2. The van der Waals surface area contributed by atoms with Gasteiger partial charge in [0.1, 0.15) is 0 Å². The fourth-order valence-corrected chi connectivity index (χ4v) is 1.63. The molecule has 0 bridgehead atoms. The van der Waals surface area contributed by atoms with Gasteiger partial charge in [-0.15, -0.1) is 0 Å². The summed E-state index contributed by atoms with van der Waals surface area (Å²) < 4.78 is 0. The number of aliphatic hydroxyl groups excluding tert-OH is 1. The van der Waals surface area contributed by atoms with Crippen molar-refractivity contribution in [3.05, 3.63) is 0 Å². The second kappa shape index (κ2) is 5.47. The number of hydrogen-bond acceptors (Lipinski definition) is 3. The Balaban J connectivity index is 2.37. The largest absolute Gasteiger partial charge is 0.396 e. The molecule has 1 fully saturated rings. The highest BCUT2D eigenvalue weighted by molar-refractivity contribution is 5.82. The van der Waals surface area contributed by atoms with Crippen molar-refractivity contribution in [2.24, 2.45) is 5.41 Å². The van der Waals surface area contributed by atoms with Gasteiger partial charge in [0.15, 0.2) is 0 Å². The van der Waals surface area contributed by atoms with Crippen molar-refractivity contribution in [1.82, 2.24) is 10.6 Å². The van der Waals surface area contributed by atoms with Crippen LogP contribution in [0.15, 0.2) is 0 Å². The lowest BCUT2D eigenvalue weighted by Gasteiger charge is -2.30. The Kier molecular flexibility index (Phi) is 4.54. The van der Waals surface area contributed by atoms with Crippen molar-refractivity contribution in [1.29, 1.82) is 0 Å². The van der Waals surface area contributed by atoms with Gasteiger partial charge in [-0.2, -0.15) is 0 Å². The molecule has 4 heteroatoms. The second-order valence-corrected chi connectivity index (χ2v) is 4.69. The zero-order valence-electron chi connectivity index (χ0n) is 9.68. The predicted molar refractivity (Wildman–Crippen MR) is 59.5 cm³/mol. The molecule has 0 spiro atoms. The normalized spacial score (nSPS) is 25.8. The molecule has 4 nitrogen and oxygen atoms in total. The molecule has 0 aliphatic carbocycles. The van der Waals surface area contributed by atoms with Crippen LogP contribution in [0.5, 0.6) is 0 Å². The minimum atomic E-state index is -0.113. The monoisotopic (exact) mass is 214 g/mol. The molecule has 1 saturated heterocycles. The third-order valence-electron chi connectivity index (χ3n) is 3.30. The van der Waals surface area contributed by atoms with E-state index in [1.54, 1.807) is 0 Å². The van der Waals surface area contributed by atoms with Crippen LogP contribution in [0.3, 0.4) is 0 Å². The smallest absolute Gasteiger partial charge is 0.237 e. The number of piperidine rings is 1. The Hall–Kier alpha value is -0.610. The van der Waals surface area contributed by atoms with E-state index in [2.05, 4.69) is 17.6 Å². The van der Waals surface area contributed by atoms with Crippen LogP contribution in [0.25, 0.3) is 0 Å². The lowest BCUT2D eigenvalue weighted by molar-refractivity contribution is -0.124. The van der Waals surface area contributed by atoms with E-state index >= 15 is 0 Å². The Bertz CT molecular complexity index is 215. The molecule has 1 rings (SSSR count). The summed E-state index contributed by atoms with van der Waals surface area (Å²) in [6, 6.07) is -0.0730. The maximum atomic E-state index is 11.5. The molecule has 0 aromatic carbocycles. The van der Waals surface area contributed by atoms with Gasteiger partial charge >= 0.3 is 0 Å². The zero-order valence-corrected chi connectivity index (χ0v) is 9.68. The lowest BCUT2D eigenvalue weighted by Crippen LogP contribution is -2.51. The number of hydrogen-bond donors (Lipinski definition) is 3. The third-order valence-corrected chi connectivity index (χ3v) is 3.30. The summed E-state index contributed by atoms with van der Waals surface area (Å²) in [7, 11) is 0. The molecule has 0 aromatic rings. The van der Waals surface area contributed by atoms with Gasteiger partial charge < -0.3 is 15.7 Å². The average molecular weight is 214 g/mol. The first-order chi connectivity index (χ1) is 7.11. The first-order valence-electron chi connectivity index (χ1n) is 5.73. The summed E-state index contributed by atoms with van der Waals surface area (Å²) >= 11 is 0. The van der Waals surface area contributed by atoms with Gasteiger partial charge in [0, 0.05) is 25.1 Å². The molecular weight excluding hydrogens is 192 g/mol. The van der Waals surface area contributed by atoms with E-state index in [0.717, 1.165) is 25.8 Å². The summed E-state index contributed by atoms with van der Waals surface area (Å²) in [6.07, 6.45) is 2.84. The highest BCUT2D eigenvalue weighted by Crippen LogP contribution is 2.19. The van der Waals surface area contributed by atoms with Crippen molar-refractivity contribution in [3.8, 4) is 0 Å². The maximum absolute atomic E-state index is 11.5. The molecule has 0 radical (unpaired) electrons. The second-order valence-electron chi connectivity index (χ2n) is 4.69. The SMILES string of the molecule is CCC(C)(CO)CNC1CCCNC1=O. The van der Waals surface area contributed by atoms with Gasteiger partial charge in [0.2, 0.25) is 5.91 Å². The highest BCUT2D eigenvalue weighted by atomic mass is 16.3. The van der Waals surface area contributed by atoms with E-state index in [0.29, 0.717) is 6.54 Å². The van der Waals surface area contributed by atoms with Crippen molar-refractivity contribution >= 4 is 5.91 Å². The molecule has 15 heavy (non-hydrogen) atoms. The number of carbonyl (C=O) groups excluding carboxylic acids is 1. The molecule has 88 valence electrons. The minimum absolute atomic E-state index is 0.0730. The molecule has 1 heterocycles. The first-order valence-corrected chi connectivity index (χ1v) is 5.73. The maximum Gasteiger partial charge on any atom is 0.237 e. The average Bonchev–Trinajstić information content (AvgIpc) is 2.28. The van der Waals surface area contributed by atoms with E-state index in [4.69, 9.17) is 0 Å². The Morgan fingerprint density at radius 1 is 1.67 bits per heavy atom. The molecular formula is C11H22N2O2. The van der Waals surface area contributed by atoms with E-state index in [-0.39, 0.29) is 24.0 Å². The van der Waals surface area contributed by atoms with Gasteiger partial charge in [0.05, 0.1) is 6.04 Å². The van der Waals surface area contributed by atoms with Crippen LogP contribution in [0.4, 0.5) is 0 Å². The van der Waals surface area contributed by atoms with E-state index < -0.39 is 0 Å². The molecule has 1 aliphatic heterocycles. The first kappa shape index (κ1) is 12.5. The number of rotatable bonds is 5. The van der Waals surface area contributed by atoms with Crippen LogP contribution >= 0.6 is 0 Å². The molecule has 3 N–H and O–H groups in total. The standard InChI is InChI=1S/C11H22N2O2/c1-3-11(2,8-14)7-13-9-5-4-6-12-10(9)15/h9,13-14H,3-8H2,1-2H3,(H,12,15). The zero-order chi connectivity index (χ0) is 11.3. The van der Waals surface area contributed by atoms with Crippen LogP contribution in [-0.2, 0) is 4.79 Å². The Labute approximate surface area is 91.4 Å². The van der Waals surface area contributed by atoms with Crippen molar-refractivity contribution < 1.29 is 9.90 Å². The molecule has 0 aromatic heterocycles. The Morgan fingerprint density at radius 2 is 2.40 bits per heavy atom. The summed E-state index contributed by atoms with van der Waals surface area (Å²) in [5.74, 6) is 0.0950. The fraction of sp³-hybridized carbons (Fsp3) is 0.909. The van der Waals surface area contributed by atoms with Gasteiger partial charge in [-0.1, -0.05) is 13.8 Å². The lowest BCUT2D eigenvalue weighted by atomic mass is 9.88. The minimum Gasteiger partial charge on any atom is -0.396 e. The van der Waals surface area contributed by atoms with Crippen LogP contribution in [0.1, 0.15) is 33.1 Å². The van der Waals surface area contributed by atoms with E-state index in [1.807, 2.05) is 6.92 Å². The van der Waals surface area contributed by atoms with E-state index in [9.17, 15) is 9.90 Å². The topological polar surface area (TPSA) is 61.4 Å². The van der Waals surface area contributed by atoms with Gasteiger partial charge in [-0.3, -0.25) is 4.79 Å². The summed E-state index contributed by atoms with van der Waals surface area (Å²) in [4.78, 5) is 11.5. The van der Waals surface area contributed by atoms with Crippen molar-refractivity contribution in [2.75, 3.05) is 19.7 Å². The van der Waals surface area contributed by atoms with Gasteiger partial charge in [-0.25, -0.2) is 0 Å². The predicted octanol–water partition coefficient (Wildman–Crippen LogP) is 0.263. The molecule has 1 aliphatic rings. The number of aliphatic hydroxyl groups is 1. The van der Waals surface area contributed by atoms with Crippen LogP contribution in [0, 0.1) is 5.41 Å². The van der Waals surface area contributed by atoms with E-state index in [1.165, 1.54) is 0 Å². The molecule has 1 amide bonds. The number of amides is 1. The third kappa shape index (κ3) is 3.47. The van der Waals surface area contributed by atoms with Crippen molar-refractivity contribution in [2.45, 2.75) is 39.2 Å². The van der Waals surface area contributed by atoms with Gasteiger partial charge in [0.25, 0.3) is 0 Å². The van der Waals surface area contributed by atoms with Crippen LogP contribution in [-0.4, -0.2) is 36.8 Å². The highest BCUT2D eigenvalue weighted by Gasteiger charge is 2.26. The van der Waals surface area contributed by atoms with Crippen molar-refractivity contribution in [3.63, 3.8) is 0 Å². The van der Waals surface area contributed by atoms with Crippen LogP contribution < -0.4 is 10.6 Å². The summed E-state index contributed by atoms with van der Waals surface area (Å²) in [6.45, 7) is 5.73. The summed E-state index contributed by atoms with van der Waals surface area (Å²) in [5, 5.41) is 15.3. The quantitative estimate of drug-likeness (QED) is 0.615. The fourth-order valence-electron chi connectivity index (χ4n) is 1.63. The van der Waals surface area contributed by atoms with Gasteiger partial charge in [-0.05, 0) is 19.3 Å².